The van der Waals surface area contributed by atoms with Gasteiger partial charge in [-0.3, -0.25) is 9.59 Å². The number of amides is 2. The van der Waals surface area contributed by atoms with Crippen molar-refractivity contribution in [3.05, 3.63) is 53.5 Å². The number of carbonyl (C=O) groups excluding carboxylic acids is 2. The summed E-state index contributed by atoms with van der Waals surface area (Å²) in [5, 5.41) is 4.65. The van der Waals surface area contributed by atoms with E-state index in [-0.39, 0.29) is 23.2 Å². The number of nitrogens with one attached hydrogen (secondary N) is 2. The minimum absolute atomic E-state index is 0.0586. The summed E-state index contributed by atoms with van der Waals surface area (Å²) in [6.07, 6.45) is -0.841. The maximum absolute atomic E-state index is 13.5. The van der Waals surface area contributed by atoms with Crippen LogP contribution in [0.2, 0.25) is 0 Å². The highest BCUT2D eigenvalue weighted by molar-refractivity contribution is 5.94. The molecule has 1 atom stereocenters. The van der Waals surface area contributed by atoms with Crippen LogP contribution >= 0.6 is 0 Å². The number of ether oxygens (including phenoxy) is 1. The molecule has 0 bridgehead atoms. The first kappa shape index (κ1) is 30.9. The van der Waals surface area contributed by atoms with E-state index in [0.29, 0.717) is 24.8 Å². The fourth-order valence-electron chi connectivity index (χ4n) is 3.96. The number of alkyl halides is 5. The molecule has 1 unspecified atom stereocenters. The average molecular weight is 573 g/mol. The predicted molar refractivity (Wildman–Crippen MR) is 135 cm³/mol. The minimum Gasteiger partial charge on any atom is -0.478 e. The van der Waals surface area contributed by atoms with Crippen LogP contribution in [0.25, 0.3) is 0 Å². The molecule has 1 heterocycles. The maximum Gasteiger partial charge on any atom is 0.405 e. The van der Waals surface area contributed by atoms with E-state index in [9.17, 15) is 35.9 Å². The van der Waals surface area contributed by atoms with Gasteiger partial charge in [-0.1, -0.05) is 19.3 Å². The van der Waals surface area contributed by atoms with Crippen LogP contribution in [0, 0.1) is 11.7 Å². The zero-order valence-corrected chi connectivity index (χ0v) is 21.9. The van der Waals surface area contributed by atoms with Crippen LogP contribution in [0.1, 0.15) is 68.3 Å². The molecule has 0 saturated heterocycles. The quantitative estimate of drug-likeness (QED) is 0.238. The number of aliphatic imine (C=N–C) groups is 1. The van der Waals surface area contributed by atoms with Gasteiger partial charge in [0.25, 0.3) is 18.2 Å². The molecular weight excluding hydrogens is 542 g/mol. The highest BCUT2D eigenvalue weighted by Gasteiger charge is 2.34. The Labute approximate surface area is 227 Å². The molecule has 1 aliphatic carbocycles. The lowest BCUT2D eigenvalue weighted by atomic mass is 9.80. The summed E-state index contributed by atoms with van der Waals surface area (Å²) < 4.78 is 82.7. The van der Waals surface area contributed by atoms with E-state index in [1.54, 1.807) is 5.32 Å². The number of nitrogens with zero attached hydrogens (tertiary/aromatic N) is 2. The van der Waals surface area contributed by atoms with Gasteiger partial charge in [-0.05, 0) is 56.5 Å². The van der Waals surface area contributed by atoms with Crippen LogP contribution < -0.4 is 15.4 Å². The van der Waals surface area contributed by atoms with E-state index >= 15 is 0 Å². The number of rotatable bonds is 12. The van der Waals surface area contributed by atoms with Crippen molar-refractivity contribution in [2.45, 2.75) is 70.2 Å². The molecule has 0 spiro atoms. The molecule has 1 aliphatic rings. The molecule has 1 fully saturated rings. The molecule has 0 radical (unpaired) electrons. The summed E-state index contributed by atoms with van der Waals surface area (Å²) in [5.41, 5.74) is -2.27. The van der Waals surface area contributed by atoms with Gasteiger partial charge in [-0.2, -0.15) is 13.2 Å². The average Bonchev–Trinajstić information content (AvgIpc) is 2.85. The summed E-state index contributed by atoms with van der Waals surface area (Å²) in [4.78, 5) is 33.1. The Bertz CT molecular complexity index is 1200. The van der Waals surface area contributed by atoms with Crippen molar-refractivity contribution in [2.75, 3.05) is 6.54 Å². The Hall–Kier alpha value is -3.64. The Kier molecular flexibility index (Phi) is 10.2. The number of aromatic nitrogens is 1. The molecule has 218 valence electrons. The van der Waals surface area contributed by atoms with Gasteiger partial charge in [-0.25, -0.2) is 23.1 Å². The van der Waals surface area contributed by atoms with Crippen LogP contribution in [-0.4, -0.2) is 47.4 Å². The minimum atomic E-state index is -4.53. The highest BCUT2D eigenvalue weighted by Crippen LogP contribution is 2.33. The zero-order valence-electron chi connectivity index (χ0n) is 21.9. The monoisotopic (exact) mass is 572 g/mol. The van der Waals surface area contributed by atoms with Crippen LogP contribution in [-0.2, 0) is 4.79 Å². The summed E-state index contributed by atoms with van der Waals surface area (Å²) >= 11 is 0. The Morgan fingerprint density at radius 3 is 2.48 bits per heavy atom. The fraction of sp³-hybridized carbons (Fsp3) is 0.481. The van der Waals surface area contributed by atoms with E-state index in [4.69, 9.17) is 4.74 Å². The lowest BCUT2D eigenvalue weighted by molar-refractivity contribution is -0.135. The van der Waals surface area contributed by atoms with E-state index in [1.807, 2.05) is 0 Å². The highest BCUT2D eigenvalue weighted by atomic mass is 19.4. The van der Waals surface area contributed by atoms with Gasteiger partial charge >= 0.3 is 6.18 Å². The van der Waals surface area contributed by atoms with Crippen LogP contribution in [0.15, 0.2) is 41.5 Å². The van der Waals surface area contributed by atoms with Gasteiger partial charge < -0.3 is 15.4 Å². The third kappa shape index (κ3) is 9.23. The third-order valence-corrected chi connectivity index (χ3v) is 6.37. The van der Waals surface area contributed by atoms with Crippen LogP contribution in [0.5, 0.6) is 5.75 Å². The van der Waals surface area contributed by atoms with Crippen molar-refractivity contribution in [3.8, 4) is 5.75 Å². The topological polar surface area (TPSA) is 92.7 Å². The normalized spacial score (nSPS) is 15.1. The van der Waals surface area contributed by atoms with Crippen molar-refractivity contribution in [2.24, 2.45) is 10.9 Å². The Morgan fingerprint density at radius 1 is 1.18 bits per heavy atom. The summed E-state index contributed by atoms with van der Waals surface area (Å²) in [6.45, 7) is 1.39. The van der Waals surface area contributed by atoms with Crippen molar-refractivity contribution < 1.29 is 40.7 Å². The molecule has 2 N–H and O–H groups in total. The third-order valence-electron chi connectivity index (χ3n) is 6.37. The Morgan fingerprint density at radius 2 is 1.90 bits per heavy atom. The zero-order chi connectivity index (χ0) is 29.5. The molecule has 2 aromatic rings. The lowest BCUT2D eigenvalue weighted by Gasteiger charge is -2.32. The summed E-state index contributed by atoms with van der Waals surface area (Å²) in [5.74, 6) is -2.01. The van der Waals surface area contributed by atoms with Gasteiger partial charge in [0.1, 0.15) is 18.1 Å². The number of pyridine rings is 1. The molecule has 2 amide bonds. The first-order valence-electron chi connectivity index (χ1n) is 12.6. The second-order valence-corrected chi connectivity index (χ2v) is 10.0. The van der Waals surface area contributed by atoms with E-state index in [1.165, 1.54) is 32.2 Å². The van der Waals surface area contributed by atoms with Crippen LogP contribution in [0.4, 0.5) is 32.2 Å². The second-order valence-electron chi connectivity index (χ2n) is 10.0. The van der Waals surface area contributed by atoms with Gasteiger partial charge in [-0.15, -0.1) is 0 Å². The largest absolute Gasteiger partial charge is 0.478 e. The van der Waals surface area contributed by atoms with Gasteiger partial charge in [0.2, 0.25) is 0 Å². The molecule has 3 rings (SSSR count). The number of hydrogen-bond donors (Lipinski definition) is 2. The van der Waals surface area contributed by atoms with E-state index in [0.717, 1.165) is 37.6 Å². The predicted octanol–water partition coefficient (Wildman–Crippen LogP) is 6.08. The molecule has 13 heteroatoms. The van der Waals surface area contributed by atoms with E-state index < -0.39 is 47.9 Å². The molecule has 1 aromatic heterocycles. The second kappa shape index (κ2) is 13.1. The molecule has 40 heavy (non-hydrogen) atoms. The van der Waals surface area contributed by atoms with Crippen molar-refractivity contribution in [1.29, 1.82) is 0 Å². The number of halogens is 6. The maximum atomic E-state index is 13.5. The Balaban J connectivity index is 1.63. The molecule has 7 nitrogen and oxygen atoms in total. The standard InChI is InChI=1S/C27H30F6N4O3/c1-26(2,40-21-8-7-18(28)13-20(21)23(29)30)25(39)37-19(12-16-4-3-5-16)10-11-34-22-9-6-17(14-35-22)24(38)36-15-27(31,32)33/h6-9,11,13-14,16,19,23H,3-5,10,12,15H2,1-2H3,(H,36,38)(H,37,39). The molecule has 0 aliphatic heterocycles. The first-order chi connectivity index (χ1) is 18.7. The summed E-state index contributed by atoms with van der Waals surface area (Å²) in [7, 11) is 0. The first-order valence-corrected chi connectivity index (χ1v) is 12.6. The van der Waals surface area contributed by atoms with Crippen molar-refractivity contribution >= 4 is 23.8 Å². The van der Waals surface area contributed by atoms with E-state index in [2.05, 4.69) is 15.3 Å². The van der Waals surface area contributed by atoms with Gasteiger partial charge in [0.05, 0.1) is 11.1 Å². The molecule has 1 aromatic carbocycles. The SMILES string of the molecule is CC(C)(Oc1ccc(F)cc1C(F)F)C(=O)NC(CC=Nc1ccc(C(=O)NCC(F)(F)F)cn1)CC1CCC1. The number of hydrogen-bond acceptors (Lipinski definition) is 5. The van der Waals surface area contributed by atoms with Crippen molar-refractivity contribution in [3.63, 3.8) is 0 Å². The van der Waals surface area contributed by atoms with Crippen LogP contribution in [0.3, 0.4) is 0 Å². The number of carbonyl (C=O) groups is 2. The smallest absolute Gasteiger partial charge is 0.405 e. The number of benzene rings is 1. The fourth-order valence-corrected chi connectivity index (χ4v) is 3.96. The molecular formula is C27H30F6N4O3. The summed E-state index contributed by atoms with van der Waals surface area (Å²) in [6, 6.07) is 5.00. The lowest BCUT2D eigenvalue weighted by Crippen LogP contribution is -2.50. The van der Waals surface area contributed by atoms with Gasteiger partial charge in [0, 0.05) is 24.9 Å². The van der Waals surface area contributed by atoms with Gasteiger partial charge in [0.15, 0.2) is 11.4 Å². The van der Waals surface area contributed by atoms with Crippen molar-refractivity contribution in [1.82, 2.24) is 15.6 Å². The molecule has 1 saturated carbocycles.